The molecule has 6 heteroatoms. The van der Waals surface area contributed by atoms with Gasteiger partial charge in [0.05, 0.1) is 11.5 Å². The van der Waals surface area contributed by atoms with Gasteiger partial charge in [-0.15, -0.1) is 0 Å². The predicted octanol–water partition coefficient (Wildman–Crippen LogP) is 1.31. The van der Waals surface area contributed by atoms with Gasteiger partial charge in [0, 0.05) is 6.54 Å². The van der Waals surface area contributed by atoms with E-state index in [1.54, 1.807) is 0 Å². The molecule has 0 saturated heterocycles. The molecular weight excluding hydrogens is 233 g/mol. The number of benzene rings is 1. The average Bonchev–Trinajstić information content (AvgIpc) is 2.24. The summed E-state index contributed by atoms with van der Waals surface area (Å²) in [6, 6.07) is 5.09. The highest BCUT2D eigenvalue weighted by molar-refractivity contribution is 5.77. The summed E-state index contributed by atoms with van der Waals surface area (Å²) >= 11 is 0. The zero-order valence-electron chi connectivity index (χ0n) is 9.00. The van der Waals surface area contributed by atoms with E-state index in [9.17, 15) is 18.0 Å². The van der Waals surface area contributed by atoms with Gasteiger partial charge in [0.1, 0.15) is 0 Å². The minimum Gasteiger partial charge on any atom is -0.369 e. The number of primary amides is 1. The lowest BCUT2D eigenvalue weighted by Crippen LogP contribution is -2.32. The third-order valence-electron chi connectivity index (χ3n) is 2.48. The fourth-order valence-corrected chi connectivity index (χ4v) is 1.54. The van der Waals surface area contributed by atoms with Crippen LogP contribution in [0.2, 0.25) is 0 Å². The van der Waals surface area contributed by atoms with Gasteiger partial charge in [-0.3, -0.25) is 4.79 Å². The molecule has 17 heavy (non-hydrogen) atoms. The van der Waals surface area contributed by atoms with Crippen molar-refractivity contribution < 1.29 is 18.0 Å². The quantitative estimate of drug-likeness (QED) is 0.840. The summed E-state index contributed by atoms with van der Waals surface area (Å²) < 4.78 is 38.0. The standard InChI is InChI=1S/C11H13F3N2O/c12-11(13,14)9-4-2-1-3-7(9)5-8(6-15)10(16)17/h1-4,8H,5-6,15H2,(H2,16,17). The predicted molar refractivity (Wildman–Crippen MR) is 56.9 cm³/mol. The molecule has 0 fully saturated rings. The van der Waals surface area contributed by atoms with Gasteiger partial charge < -0.3 is 11.5 Å². The van der Waals surface area contributed by atoms with Crippen molar-refractivity contribution in [1.29, 1.82) is 0 Å². The number of carbonyl (C=O) groups excluding carboxylic acids is 1. The van der Waals surface area contributed by atoms with Crippen molar-refractivity contribution in [3.05, 3.63) is 35.4 Å². The molecule has 3 nitrogen and oxygen atoms in total. The summed E-state index contributed by atoms with van der Waals surface area (Å²) in [6.45, 7) is -0.0679. The van der Waals surface area contributed by atoms with E-state index in [-0.39, 0.29) is 18.5 Å². The van der Waals surface area contributed by atoms with Crippen LogP contribution in [-0.4, -0.2) is 12.5 Å². The summed E-state index contributed by atoms with van der Waals surface area (Å²) in [5.74, 6) is -1.47. The molecule has 0 radical (unpaired) electrons. The molecule has 0 bridgehead atoms. The molecule has 1 rings (SSSR count). The fourth-order valence-electron chi connectivity index (χ4n) is 1.54. The van der Waals surface area contributed by atoms with E-state index >= 15 is 0 Å². The first kappa shape index (κ1) is 13.5. The molecule has 0 aromatic heterocycles. The molecule has 1 atom stereocenters. The van der Waals surface area contributed by atoms with Crippen LogP contribution in [0.4, 0.5) is 13.2 Å². The van der Waals surface area contributed by atoms with Crippen molar-refractivity contribution in [3.63, 3.8) is 0 Å². The maximum atomic E-state index is 12.7. The van der Waals surface area contributed by atoms with Crippen LogP contribution in [0.15, 0.2) is 24.3 Å². The molecule has 1 aromatic carbocycles. The largest absolute Gasteiger partial charge is 0.416 e. The number of halogens is 3. The number of hydrogen-bond acceptors (Lipinski definition) is 2. The maximum absolute atomic E-state index is 12.7. The molecular formula is C11H13F3N2O. The van der Waals surface area contributed by atoms with Crippen LogP contribution in [-0.2, 0) is 17.4 Å². The first-order valence-corrected chi connectivity index (χ1v) is 5.00. The van der Waals surface area contributed by atoms with Crippen molar-refractivity contribution in [1.82, 2.24) is 0 Å². The smallest absolute Gasteiger partial charge is 0.369 e. The highest BCUT2D eigenvalue weighted by atomic mass is 19.4. The van der Waals surface area contributed by atoms with Crippen LogP contribution in [0.25, 0.3) is 0 Å². The molecule has 0 spiro atoms. The Hall–Kier alpha value is -1.56. The minimum absolute atomic E-state index is 0.0363. The molecule has 0 heterocycles. The number of hydrogen-bond donors (Lipinski definition) is 2. The van der Waals surface area contributed by atoms with Crippen LogP contribution in [0, 0.1) is 5.92 Å². The molecule has 1 aromatic rings. The Balaban J connectivity index is 3.02. The maximum Gasteiger partial charge on any atom is 0.416 e. The number of amides is 1. The van der Waals surface area contributed by atoms with Gasteiger partial charge in [-0.25, -0.2) is 0 Å². The minimum atomic E-state index is -4.44. The Labute approximate surface area is 96.6 Å². The monoisotopic (exact) mass is 246 g/mol. The topological polar surface area (TPSA) is 69.1 Å². The SMILES string of the molecule is NCC(Cc1ccccc1C(F)(F)F)C(N)=O. The number of rotatable bonds is 4. The van der Waals surface area contributed by atoms with E-state index in [0.29, 0.717) is 0 Å². The molecule has 0 aliphatic rings. The van der Waals surface area contributed by atoms with Gasteiger partial charge in [0.15, 0.2) is 0 Å². The molecule has 0 aliphatic heterocycles. The first-order chi connectivity index (χ1) is 7.86. The van der Waals surface area contributed by atoms with Crippen LogP contribution >= 0.6 is 0 Å². The molecule has 4 N–H and O–H groups in total. The van der Waals surface area contributed by atoms with E-state index in [0.717, 1.165) is 6.07 Å². The van der Waals surface area contributed by atoms with E-state index < -0.39 is 23.6 Å². The van der Waals surface area contributed by atoms with Gasteiger partial charge in [-0.1, -0.05) is 18.2 Å². The van der Waals surface area contributed by atoms with Crippen molar-refractivity contribution >= 4 is 5.91 Å². The van der Waals surface area contributed by atoms with E-state index in [1.807, 2.05) is 0 Å². The molecule has 1 amide bonds. The van der Waals surface area contributed by atoms with Gasteiger partial charge in [0.2, 0.25) is 5.91 Å². The van der Waals surface area contributed by atoms with Crippen LogP contribution in [0.3, 0.4) is 0 Å². The number of alkyl halides is 3. The zero-order chi connectivity index (χ0) is 13.1. The summed E-state index contributed by atoms with van der Waals surface area (Å²) in [5, 5.41) is 0. The Morgan fingerprint density at radius 3 is 2.35 bits per heavy atom. The first-order valence-electron chi connectivity index (χ1n) is 5.00. The Morgan fingerprint density at radius 2 is 1.88 bits per heavy atom. The highest BCUT2D eigenvalue weighted by Crippen LogP contribution is 2.32. The summed E-state index contributed by atoms with van der Waals surface area (Å²) in [6.07, 6.45) is -4.53. The normalized spacial score (nSPS) is 13.4. The molecule has 1 unspecified atom stereocenters. The lowest BCUT2D eigenvalue weighted by atomic mass is 9.95. The second-order valence-corrected chi connectivity index (χ2v) is 3.69. The lowest BCUT2D eigenvalue weighted by Gasteiger charge is -2.16. The van der Waals surface area contributed by atoms with Gasteiger partial charge >= 0.3 is 6.18 Å². The molecule has 0 aliphatic carbocycles. The van der Waals surface area contributed by atoms with E-state index in [4.69, 9.17) is 11.5 Å². The van der Waals surface area contributed by atoms with Crippen molar-refractivity contribution in [2.45, 2.75) is 12.6 Å². The van der Waals surface area contributed by atoms with Gasteiger partial charge in [-0.05, 0) is 18.1 Å². The van der Waals surface area contributed by atoms with Crippen molar-refractivity contribution in [3.8, 4) is 0 Å². The summed E-state index contributed by atoms with van der Waals surface area (Å²) in [4.78, 5) is 11.0. The van der Waals surface area contributed by atoms with Gasteiger partial charge in [0.25, 0.3) is 0 Å². The Kier molecular flexibility index (Phi) is 4.11. The highest BCUT2D eigenvalue weighted by Gasteiger charge is 2.33. The number of nitrogens with two attached hydrogens (primary N) is 2. The van der Waals surface area contributed by atoms with E-state index in [1.165, 1.54) is 18.2 Å². The molecule has 0 saturated carbocycles. The van der Waals surface area contributed by atoms with Crippen molar-refractivity contribution in [2.75, 3.05) is 6.54 Å². The zero-order valence-corrected chi connectivity index (χ0v) is 9.00. The molecule has 94 valence electrons. The Bertz CT molecular complexity index is 404. The van der Waals surface area contributed by atoms with Crippen LogP contribution in [0.5, 0.6) is 0 Å². The average molecular weight is 246 g/mol. The van der Waals surface area contributed by atoms with Crippen molar-refractivity contribution in [2.24, 2.45) is 17.4 Å². The second-order valence-electron chi connectivity index (χ2n) is 3.69. The fraction of sp³-hybridized carbons (Fsp3) is 0.364. The number of carbonyl (C=O) groups is 1. The van der Waals surface area contributed by atoms with Crippen LogP contribution < -0.4 is 11.5 Å². The third-order valence-corrected chi connectivity index (χ3v) is 2.48. The lowest BCUT2D eigenvalue weighted by molar-refractivity contribution is -0.138. The van der Waals surface area contributed by atoms with Gasteiger partial charge in [-0.2, -0.15) is 13.2 Å². The third kappa shape index (κ3) is 3.45. The summed E-state index contributed by atoms with van der Waals surface area (Å²) in [7, 11) is 0. The van der Waals surface area contributed by atoms with Crippen LogP contribution in [0.1, 0.15) is 11.1 Å². The van der Waals surface area contributed by atoms with E-state index in [2.05, 4.69) is 0 Å². The second kappa shape index (κ2) is 5.18. The summed E-state index contributed by atoms with van der Waals surface area (Å²) in [5.41, 5.74) is 9.64. The Morgan fingerprint density at radius 1 is 1.29 bits per heavy atom.